The number of hydrogen-bond donors (Lipinski definition) is 3. The lowest BCUT2D eigenvalue weighted by molar-refractivity contribution is -0.135. The SMILES string of the molecule is NC(=O)C1(Cc2ccc(Cl)cc2)CN(C(=O)c2cc(-c3ccccn3)n[nH]2)C1.O=CO. The maximum absolute atomic E-state index is 12.7. The molecule has 10 heteroatoms. The number of benzene rings is 1. The Morgan fingerprint density at radius 1 is 1.19 bits per heavy atom. The van der Waals surface area contributed by atoms with Crippen molar-refractivity contribution in [3.63, 3.8) is 0 Å². The first-order valence-electron chi connectivity index (χ1n) is 9.27. The fourth-order valence-electron chi connectivity index (χ4n) is 3.42. The lowest BCUT2D eigenvalue weighted by Gasteiger charge is -2.48. The maximum Gasteiger partial charge on any atom is 0.290 e. The van der Waals surface area contributed by atoms with Crippen molar-refractivity contribution >= 4 is 29.9 Å². The molecule has 0 spiro atoms. The van der Waals surface area contributed by atoms with E-state index in [4.69, 9.17) is 27.2 Å². The molecule has 4 N–H and O–H groups in total. The molecule has 1 aliphatic rings. The van der Waals surface area contributed by atoms with Gasteiger partial charge in [0.25, 0.3) is 12.4 Å². The minimum absolute atomic E-state index is 0.220. The van der Waals surface area contributed by atoms with Crippen LogP contribution in [-0.4, -0.2) is 56.6 Å². The molecule has 1 aliphatic heterocycles. The summed E-state index contributed by atoms with van der Waals surface area (Å²) in [7, 11) is 0. The zero-order chi connectivity index (χ0) is 22.4. The van der Waals surface area contributed by atoms with E-state index in [9.17, 15) is 9.59 Å². The van der Waals surface area contributed by atoms with Crippen LogP contribution >= 0.6 is 11.6 Å². The molecule has 2 aromatic heterocycles. The quantitative estimate of drug-likeness (QED) is 0.517. The number of H-pyrrole nitrogens is 1. The van der Waals surface area contributed by atoms with Gasteiger partial charge in [-0.05, 0) is 42.3 Å². The number of halogens is 1. The summed E-state index contributed by atoms with van der Waals surface area (Å²) in [6.45, 7) is 0.281. The second-order valence-electron chi connectivity index (χ2n) is 7.10. The smallest absolute Gasteiger partial charge is 0.290 e. The van der Waals surface area contributed by atoms with E-state index >= 15 is 0 Å². The second-order valence-corrected chi connectivity index (χ2v) is 7.53. The van der Waals surface area contributed by atoms with Gasteiger partial charge in [-0.15, -0.1) is 0 Å². The summed E-state index contributed by atoms with van der Waals surface area (Å²) in [5, 5.41) is 14.4. The highest BCUT2D eigenvalue weighted by molar-refractivity contribution is 6.30. The van der Waals surface area contributed by atoms with Gasteiger partial charge >= 0.3 is 0 Å². The van der Waals surface area contributed by atoms with Crippen molar-refractivity contribution in [1.82, 2.24) is 20.1 Å². The average molecular weight is 442 g/mol. The van der Waals surface area contributed by atoms with Crippen molar-refractivity contribution < 1.29 is 19.5 Å². The van der Waals surface area contributed by atoms with E-state index in [0.717, 1.165) is 5.56 Å². The summed E-state index contributed by atoms with van der Waals surface area (Å²) in [6, 6.07) is 14.4. The number of likely N-dealkylation sites (tertiary alicyclic amines) is 1. The Morgan fingerprint density at radius 2 is 1.87 bits per heavy atom. The Morgan fingerprint density at radius 3 is 2.45 bits per heavy atom. The molecule has 160 valence electrons. The van der Waals surface area contributed by atoms with Gasteiger partial charge in [0.2, 0.25) is 5.91 Å². The summed E-state index contributed by atoms with van der Waals surface area (Å²) < 4.78 is 0. The monoisotopic (exact) mass is 441 g/mol. The number of aromatic nitrogens is 3. The Kier molecular flexibility index (Phi) is 6.66. The van der Waals surface area contributed by atoms with Crippen LogP contribution in [0.2, 0.25) is 5.02 Å². The van der Waals surface area contributed by atoms with Crippen molar-refractivity contribution in [2.75, 3.05) is 13.1 Å². The molecule has 1 aromatic carbocycles. The van der Waals surface area contributed by atoms with E-state index in [2.05, 4.69) is 15.2 Å². The van der Waals surface area contributed by atoms with Crippen LogP contribution in [0.1, 0.15) is 16.1 Å². The minimum atomic E-state index is -0.771. The maximum atomic E-state index is 12.7. The molecule has 1 fully saturated rings. The van der Waals surface area contributed by atoms with Crippen molar-refractivity contribution in [2.24, 2.45) is 11.1 Å². The van der Waals surface area contributed by atoms with E-state index < -0.39 is 11.3 Å². The van der Waals surface area contributed by atoms with Crippen LogP contribution in [0.3, 0.4) is 0 Å². The number of carboxylic acid groups (broad SMARTS) is 1. The van der Waals surface area contributed by atoms with Crippen molar-refractivity contribution in [2.45, 2.75) is 6.42 Å². The highest BCUT2D eigenvalue weighted by Crippen LogP contribution is 2.35. The number of nitrogens with zero attached hydrogens (tertiary/aromatic N) is 3. The molecule has 0 radical (unpaired) electrons. The van der Waals surface area contributed by atoms with E-state index in [-0.39, 0.29) is 25.5 Å². The van der Waals surface area contributed by atoms with Gasteiger partial charge in [0.15, 0.2) is 0 Å². The van der Waals surface area contributed by atoms with Gasteiger partial charge in [-0.2, -0.15) is 5.10 Å². The summed E-state index contributed by atoms with van der Waals surface area (Å²) in [6.07, 6.45) is 2.13. The molecule has 0 atom stereocenters. The Hall–Kier alpha value is -3.72. The molecule has 1 saturated heterocycles. The number of nitrogens with one attached hydrogen (secondary N) is 1. The Bertz CT molecular complexity index is 1060. The van der Waals surface area contributed by atoms with Gasteiger partial charge in [-0.3, -0.25) is 24.5 Å². The van der Waals surface area contributed by atoms with Gasteiger partial charge in [0.05, 0.1) is 11.1 Å². The van der Waals surface area contributed by atoms with Crippen LogP contribution in [-0.2, 0) is 16.0 Å². The van der Waals surface area contributed by atoms with E-state index in [1.165, 1.54) is 0 Å². The molecule has 2 amide bonds. The first kappa shape index (κ1) is 22.0. The first-order chi connectivity index (χ1) is 14.9. The van der Waals surface area contributed by atoms with Gasteiger partial charge in [-0.25, -0.2) is 0 Å². The molecule has 0 bridgehead atoms. The van der Waals surface area contributed by atoms with Crippen LogP contribution < -0.4 is 5.73 Å². The topological polar surface area (TPSA) is 142 Å². The first-order valence-corrected chi connectivity index (χ1v) is 9.64. The fraction of sp³-hybridized carbons (Fsp3) is 0.190. The van der Waals surface area contributed by atoms with Gasteiger partial charge in [0.1, 0.15) is 11.4 Å². The fourth-order valence-corrected chi connectivity index (χ4v) is 3.55. The molecule has 4 rings (SSSR count). The van der Waals surface area contributed by atoms with E-state index in [0.29, 0.717) is 28.5 Å². The van der Waals surface area contributed by atoms with Gasteiger partial charge < -0.3 is 15.7 Å². The number of pyridine rings is 1. The van der Waals surface area contributed by atoms with Crippen molar-refractivity contribution in [1.29, 1.82) is 0 Å². The standard InChI is InChI=1S/C20H18ClN5O2.CH2O2/c21-14-6-4-13(5-7-14)10-20(19(22)28)11-26(12-20)18(27)17-9-16(24-25-17)15-3-1-2-8-23-15;2-1-3/h1-9H,10-12H2,(H2,22,28)(H,24,25);1H,(H,2,3). The minimum Gasteiger partial charge on any atom is -0.483 e. The van der Waals surface area contributed by atoms with Crippen LogP contribution in [0.15, 0.2) is 54.7 Å². The number of carbonyl (C=O) groups excluding carboxylic acids is 2. The Balaban J connectivity index is 0.000000858. The van der Waals surface area contributed by atoms with E-state index in [1.807, 2.05) is 30.3 Å². The summed E-state index contributed by atoms with van der Waals surface area (Å²) in [4.78, 5) is 39.0. The molecule has 3 aromatic rings. The largest absolute Gasteiger partial charge is 0.483 e. The number of hydrogen-bond acceptors (Lipinski definition) is 5. The highest BCUT2D eigenvalue weighted by Gasteiger charge is 2.50. The predicted octanol–water partition coefficient (Wildman–Crippen LogP) is 2.00. The summed E-state index contributed by atoms with van der Waals surface area (Å²) in [5.41, 5.74) is 7.46. The van der Waals surface area contributed by atoms with Crippen molar-refractivity contribution in [3.05, 3.63) is 71.0 Å². The molecule has 0 saturated carbocycles. The molecular formula is C21H20ClN5O4. The highest BCUT2D eigenvalue weighted by atomic mass is 35.5. The molecule has 31 heavy (non-hydrogen) atoms. The number of primary amides is 1. The lowest BCUT2D eigenvalue weighted by Crippen LogP contribution is -2.64. The van der Waals surface area contributed by atoms with Crippen LogP contribution in [0.4, 0.5) is 0 Å². The van der Waals surface area contributed by atoms with Crippen LogP contribution in [0, 0.1) is 5.41 Å². The number of carbonyl (C=O) groups is 3. The summed E-state index contributed by atoms with van der Waals surface area (Å²) >= 11 is 5.91. The number of aromatic amines is 1. The molecule has 9 nitrogen and oxygen atoms in total. The third kappa shape index (κ3) is 4.89. The van der Waals surface area contributed by atoms with Gasteiger partial charge in [0, 0.05) is 24.3 Å². The Labute approximate surface area is 182 Å². The molecule has 0 aliphatic carbocycles. The zero-order valence-electron chi connectivity index (χ0n) is 16.4. The molecule has 0 unspecified atom stereocenters. The van der Waals surface area contributed by atoms with Crippen LogP contribution in [0.25, 0.3) is 11.4 Å². The third-order valence-corrected chi connectivity index (χ3v) is 5.24. The molecule has 3 heterocycles. The van der Waals surface area contributed by atoms with E-state index in [1.54, 1.807) is 29.3 Å². The predicted molar refractivity (Wildman–Crippen MR) is 113 cm³/mol. The second kappa shape index (κ2) is 9.40. The van der Waals surface area contributed by atoms with Gasteiger partial charge in [-0.1, -0.05) is 29.8 Å². The number of nitrogens with two attached hydrogens (primary N) is 1. The molecular weight excluding hydrogens is 422 g/mol. The summed E-state index contributed by atoms with van der Waals surface area (Å²) in [5.74, 6) is -0.632. The zero-order valence-corrected chi connectivity index (χ0v) is 17.1. The third-order valence-electron chi connectivity index (χ3n) is 4.99. The average Bonchev–Trinajstić information content (AvgIpc) is 3.23. The number of amides is 2. The van der Waals surface area contributed by atoms with Crippen LogP contribution in [0.5, 0.6) is 0 Å². The number of rotatable bonds is 5. The lowest BCUT2D eigenvalue weighted by atomic mass is 9.74. The normalized spacial score (nSPS) is 14.0. The van der Waals surface area contributed by atoms with Crippen molar-refractivity contribution in [3.8, 4) is 11.4 Å².